The molecular weight excluding hydrogens is 324 g/mol. The zero-order valence-corrected chi connectivity index (χ0v) is 13.1. The molecule has 112 valence electrons. The molecular formula is C16H11ClO4S. The molecule has 1 atom stereocenters. The molecule has 0 spiro atoms. The topological polar surface area (TPSA) is 52.6 Å². The van der Waals surface area contributed by atoms with E-state index in [1.165, 1.54) is 24.3 Å². The highest BCUT2D eigenvalue weighted by atomic mass is 35.5. The zero-order valence-electron chi connectivity index (χ0n) is 11.5. The number of halogens is 1. The summed E-state index contributed by atoms with van der Waals surface area (Å²) in [4.78, 5) is 24.7. The highest BCUT2D eigenvalue weighted by molar-refractivity contribution is 7.10. The van der Waals surface area contributed by atoms with Gasteiger partial charge in [-0.25, -0.2) is 0 Å². The van der Waals surface area contributed by atoms with Crippen molar-refractivity contribution < 1.29 is 19.1 Å². The number of thiophene rings is 1. The van der Waals surface area contributed by atoms with Crippen LogP contribution in [-0.4, -0.2) is 17.1 Å². The molecule has 3 rings (SSSR count). The third kappa shape index (κ3) is 2.91. The Morgan fingerprint density at radius 1 is 1.41 bits per heavy atom. The van der Waals surface area contributed by atoms with Crippen molar-refractivity contribution in [2.75, 3.05) is 0 Å². The van der Waals surface area contributed by atoms with E-state index in [-0.39, 0.29) is 11.5 Å². The second kappa shape index (κ2) is 5.94. The number of benzene rings is 1. The zero-order chi connectivity index (χ0) is 15.7. The van der Waals surface area contributed by atoms with Crippen LogP contribution in [0.15, 0.2) is 41.5 Å². The van der Waals surface area contributed by atoms with E-state index < -0.39 is 11.3 Å². The molecule has 2 heterocycles. The fraction of sp³-hybridized carbons (Fsp3) is 0.125. The lowest BCUT2D eigenvalue weighted by Crippen LogP contribution is -2.17. The van der Waals surface area contributed by atoms with Crippen LogP contribution in [0, 0.1) is 0 Å². The Balaban J connectivity index is 1.85. The van der Waals surface area contributed by atoms with Crippen LogP contribution in [0.3, 0.4) is 0 Å². The summed E-state index contributed by atoms with van der Waals surface area (Å²) in [5, 5.41) is 1.18. The molecule has 1 aromatic heterocycles. The van der Waals surface area contributed by atoms with Crippen molar-refractivity contribution >= 4 is 40.8 Å². The van der Waals surface area contributed by atoms with Gasteiger partial charge < -0.3 is 9.47 Å². The maximum Gasteiger partial charge on any atom is 0.329 e. The summed E-state index contributed by atoms with van der Waals surface area (Å²) < 4.78 is 10.7. The van der Waals surface area contributed by atoms with Gasteiger partial charge in [-0.2, -0.15) is 0 Å². The van der Waals surface area contributed by atoms with Gasteiger partial charge in [0.25, 0.3) is 0 Å². The number of Topliss-reactive ketones (excluding diaryl/α,β-unsaturated/α-hetero) is 1. The van der Waals surface area contributed by atoms with E-state index in [0.29, 0.717) is 17.1 Å². The van der Waals surface area contributed by atoms with Gasteiger partial charge in [0, 0.05) is 17.0 Å². The predicted molar refractivity (Wildman–Crippen MR) is 84.6 cm³/mol. The summed E-state index contributed by atoms with van der Waals surface area (Å²) in [5.74, 6) is 0.181. The van der Waals surface area contributed by atoms with Crippen molar-refractivity contribution in [1.82, 2.24) is 0 Å². The summed E-state index contributed by atoms with van der Waals surface area (Å²) in [6.07, 6.45) is 1.69. The lowest BCUT2D eigenvalue weighted by Gasteiger charge is -2.06. The first-order chi connectivity index (χ1) is 10.5. The van der Waals surface area contributed by atoms with E-state index in [9.17, 15) is 9.59 Å². The van der Waals surface area contributed by atoms with Crippen LogP contribution >= 0.6 is 22.9 Å². The number of ether oxygens (including phenoxy) is 2. The summed E-state index contributed by atoms with van der Waals surface area (Å²) in [6, 6.07) is 8.43. The molecule has 0 N–H and O–H groups in total. The monoisotopic (exact) mass is 334 g/mol. The van der Waals surface area contributed by atoms with E-state index in [0.717, 1.165) is 4.88 Å². The number of esters is 1. The van der Waals surface area contributed by atoms with E-state index in [1.54, 1.807) is 18.2 Å². The van der Waals surface area contributed by atoms with Crippen molar-refractivity contribution in [2.24, 2.45) is 0 Å². The van der Waals surface area contributed by atoms with Crippen molar-refractivity contribution in [2.45, 2.75) is 12.3 Å². The fourth-order valence-electron chi connectivity index (χ4n) is 1.93. The third-order valence-electron chi connectivity index (χ3n) is 3.00. The first kappa shape index (κ1) is 14.8. The molecule has 1 aliphatic rings. The minimum Gasteiger partial charge on any atom is -0.452 e. The smallest absolute Gasteiger partial charge is 0.329 e. The molecule has 0 aliphatic carbocycles. The van der Waals surface area contributed by atoms with Crippen molar-refractivity contribution in [3.05, 3.63) is 51.9 Å². The second-order valence-electron chi connectivity index (χ2n) is 4.65. The highest BCUT2D eigenvalue weighted by Gasteiger charge is 2.28. The number of hydrogen-bond donors (Lipinski definition) is 0. The van der Waals surface area contributed by atoms with Crippen LogP contribution in [0.4, 0.5) is 0 Å². The SMILES string of the molecule is CC(Cl)C(=O)Oc1ccc2c(c1)O/C(=C\c1cccs1)C2=O. The molecule has 0 bridgehead atoms. The summed E-state index contributed by atoms with van der Waals surface area (Å²) in [7, 11) is 0. The van der Waals surface area contributed by atoms with Crippen molar-refractivity contribution in [3.63, 3.8) is 0 Å². The first-order valence-electron chi connectivity index (χ1n) is 6.52. The summed E-state index contributed by atoms with van der Waals surface area (Å²) >= 11 is 7.17. The Morgan fingerprint density at radius 3 is 2.91 bits per heavy atom. The lowest BCUT2D eigenvalue weighted by atomic mass is 10.1. The molecule has 0 saturated heterocycles. The number of ketones is 1. The molecule has 1 unspecified atom stereocenters. The van der Waals surface area contributed by atoms with Gasteiger partial charge in [0.05, 0.1) is 5.56 Å². The highest BCUT2D eigenvalue weighted by Crippen LogP contribution is 2.35. The maximum absolute atomic E-state index is 12.2. The number of allylic oxidation sites excluding steroid dienone is 1. The van der Waals surface area contributed by atoms with Crippen LogP contribution in [0.2, 0.25) is 0 Å². The molecule has 6 heteroatoms. The maximum atomic E-state index is 12.2. The van der Waals surface area contributed by atoms with Crippen LogP contribution in [0.25, 0.3) is 6.08 Å². The number of alkyl halides is 1. The molecule has 0 amide bonds. The van der Waals surface area contributed by atoms with Gasteiger partial charge in [0.1, 0.15) is 16.9 Å². The Labute approximate surface area is 135 Å². The Hall–Kier alpha value is -2.11. The van der Waals surface area contributed by atoms with Gasteiger partial charge in [0.15, 0.2) is 5.76 Å². The number of carbonyl (C=O) groups is 2. The molecule has 1 aromatic carbocycles. The Kier molecular flexibility index (Phi) is 4.00. The summed E-state index contributed by atoms with van der Waals surface area (Å²) in [5.41, 5.74) is 0.446. The van der Waals surface area contributed by atoms with Gasteiger partial charge in [-0.15, -0.1) is 22.9 Å². The number of fused-ring (bicyclic) bond motifs is 1. The molecule has 22 heavy (non-hydrogen) atoms. The minimum atomic E-state index is -0.745. The number of rotatable bonds is 3. The number of carbonyl (C=O) groups excluding carboxylic acids is 2. The standard InChI is InChI=1S/C16H11ClO4S/c1-9(17)16(19)20-10-4-5-12-13(7-10)21-14(15(12)18)8-11-3-2-6-22-11/h2-9H,1H3/b14-8-. The molecule has 4 nitrogen and oxygen atoms in total. The normalized spacial score (nSPS) is 16.3. The van der Waals surface area contributed by atoms with Crippen LogP contribution in [0.1, 0.15) is 22.2 Å². The molecule has 0 radical (unpaired) electrons. The van der Waals surface area contributed by atoms with Crippen LogP contribution in [-0.2, 0) is 4.79 Å². The van der Waals surface area contributed by atoms with E-state index >= 15 is 0 Å². The van der Waals surface area contributed by atoms with Crippen molar-refractivity contribution in [3.8, 4) is 11.5 Å². The molecule has 2 aromatic rings. The summed E-state index contributed by atoms with van der Waals surface area (Å²) in [6.45, 7) is 1.53. The van der Waals surface area contributed by atoms with Gasteiger partial charge in [0.2, 0.25) is 5.78 Å². The van der Waals surface area contributed by atoms with E-state index in [2.05, 4.69) is 0 Å². The van der Waals surface area contributed by atoms with Gasteiger partial charge in [-0.05, 0) is 30.5 Å². The van der Waals surface area contributed by atoms with Gasteiger partial charge in [-0.3, -0.25) is 9.59 Å². The van der Waals surface area contributed by atoms with Gasteiger partial charge in [-0.1, -0.05) is 6.07 Å². The minimum absolute atomic E-state index is 0.188. The van der Waals surface area contributed by atoms with Crippen molar-refractivity contribution in [1.29, 1.82) is 0 Å². The fourth-order valence-corrected chi connectivity index (χ4v) is 2.62. The Bertz CT molecular complexity index is 762. The third-order valence-corrected chi connectivity index (χ3v) is 4.00. The largest absolute Gasteiger partial charge is 0.452 e. The molecule has 0 saturated carbocycles. The lowest BCUT2D eigenvalue weighted by molar-refractivity contribution is -0.133. The van der Waals surface area contributed by atoms with Crippen LogP contribution in [0.5, 0.6) is 11.5 Å². The second-order valence-corrected chi connectivity index (χ2v) is 6.28. The molecule has 0 fully saturated rings. The quantitative estimate of drug-likeness (QED) is 0.370. The average Bonchev–Trinajstić information content (AvgIpc) is 3.08. The Morgan fingerprint density at radius 2 is 2.23 bits per heavy atom. The molecule has 1 aliphatic heterocycles. The number of hydrogen-bond acceptors (Lipinski definition) is 5. The van der Waals surface area contributed by atoms with Gasteiger partial charge >= 0.3 is 5.97 Å². The van der Waals surface area contributed by atoms with Crippen LogP contribution < -0.4 is 9.47 Å². The average molecular weight is 335 g/mol. The predicted octanol–water partition coefficient (Wildman–Crippen LogP) is 3.90. The van der Waals surface area contributed by atoms with E-state index in [4.69, 9.17) is 21.1 Å². The van der Waals surface area contributed by atoms with E-state index in [1.807, 2.05) is 17.5 Å². The first-order valence-corrected chi connectivity index (χ1v) is 7.84.